The fraction of sp³-hybridized carbons (Fsp3) is 0.278. The van der Waals surface area contributed by atoms with Crippen LogP contribution in [0.5, 0.6) is 0 Å². The number of nitrogens with zero attached hydrogens (tertiary/aromatic N) is 4. The maximum absolute atomic E-state index is 12.9. The topological polar surface area (TPSA) is 64.7 Å². The van der Waals surface area contributed by atoms with Crippen molar-refractivity contribution in [2.45, 2.75) is 32.6 Å². The fourth-order valence-electron chi connectivity index (χ4n) is 2.71. The van der Waals surface area contributed by atoms with Gasteiger partial charge in [-0.2, -0.15) is 23.4 Å². The number of hydrogen-bond acceptors (Lipinski definition) is 3. The van der Waals surface area contributed by atoms with E-state index in [1.54, 1.807) is 16.9 Å². The Balaban J connectivity index is 1.61. The molecule has 3 rings (SSSR count). The zero-order chi connectivity index (χ0) is 21.2. The van der Waals surface area contributed by atoms with Gasteiger partial charge in [-0.3, -0.25) is 14.2 Å². The second-order valence-corrected chi connectivity index (χ2v) is 8.03. The SMILES string of the molecule is Cc1c(Br)c(C(F)(F)F)nn1CCC(=O)Nc1cccc(Cn2cc(Br)cn2)c1. The number of carbonyl (C=O) groups is 1. The van der Waals surface area contributed by atoms with Gasteiger partial charge in [-0.1, -0.05) is 12.1 Å². The van der Waals surface area contributed by atoms with Crippen LogP contribution in [-0.4, -0.2) is 25.5 Å². The van der Waals surface area contributed by atoms with Gasteiger partial charge in [-0.15, -0.1) is 0 Å². The van der Waals surface area contributed by atoms with Gasteiger partial charge in [0.2, 0.25) is 5.91 Å². The molecule has 3 aromatic rings. The van der Waals surface area contributed by atoms with Crippen LogP contribution in [0.2, 0.25) is 0 Å². The van der Waals surface area contributed by atoms with E-state index < -0.39 is 11.9 Å². The zero-order valence-electron chi connectivity index (χ0n) is 15.2. The summed E-state index contributed by atoms with van der Waals surface area (Å²) in [7, 11) is 0. The van der Waals surface area contributed by atoms with Crippen molar-refractivity contribution in [2.75, 3.05) is 5.32 Å². The van der Waals surface area contributed by atoms with Crippen LogP contribution >= 0.6 is 31.9 Å². The molecule has 1 N–H and O–H groups in total. The summed E-state index contributed by atoms with van der Waals surface area (Å²) in [6.07, 6.45) is -1.04. The van der Waals surface area contributed by atoms with Gasteiger partial charge >= 0.3 is 6.18 Å². The third-order valence-electron chi connectivity index (χ3n) is 4.11. The molecule has 0 fully saturated rings. The van der Waals surface area contributed by atoms with E-state index in [9.17, 15) is 18.0 Å². The number of nitrogens with one attached hydrogen (secondary N) is 1. The number of halogens is 5. The van der Waals surface area contributed by atoms with Gasteiger partial charge < -0.3 is 5.32 Å². The Morgan fingerprint density at radius 1 is 1.28 bits per heavy atom. The van der Waals surface area contributed by atoms with E-state index in [4.69, 9.17) is 0 Å². The number of anilines is 1. The third kappa shape index (κ3) is 5.47. The summed E-state index contributed by atoms with van der Waals surface area (Å²) >= 11 is 6.26. The van der Waals surface area contributed by atoms with Gasteiger partial charge in [0, 0.05) is 18.3 Å². The number of carbonyl (C=O) groups excluding carboxylic acids is 1. The van der Waals surface area contributed by atoms with E-state index in [0.29, 0.717) is 17.9 Å². The van der Waals surface area contributed by atoms with Gasteiger partial charge in [0.15, 0.2) is 5.69 Å². The van der Waals surface area contributed by atoms with Gasteiger partial charge in [0.05, 0.1) is 33.9 Å². The molecule has 0 atom stereocenters. The number of alkyl halides is 3. The van der Waals surface area contributed by atoms with Crippen LogP contribution in [0.15, 0.2) is 45.6 Å². The molecule has 2 heterocycles. The van der Waals surface area contributed by atoms with Crippen LogP contribution in [0.4, 0.5) is 18.9 Å². The summed E-state index contributed by atoms with van der Waals surface area (Å²) in [6.45, 7) is 2.09. The molecule has 0 aliphatic carbocycles. The van der Waals surface area contributed by atoms with Gasteiger partial charge in [-0.05, 0) is 56.5 Å². The summed E-state index contributed by atoms with van der Waals surface area (Å²) in [6, 6.07) is 7.30. The molecule has 0 unspecified atom stereocenters. The molecule has 0 aliphatic rings. The second kappa shape index (κ2) is 8.70. The molecular formula is C18H16Br2F3N5O. The maximum Gasteiger partial charge on any atom is 0.436 e. The lowest BCUT2D eigenvalue weighted by molar-refractivity contribution is -0.142. The second-order valence-electron chi connectivity index (χ2n) is 6.32. The van der Waals surface area contributed by atoms with Crippen LogP contribution in [0.25, 0.3) is 0 Å². The number of hydrogen-bond donors (Lipinski definition) is 1. The quantitative estimate of drug-likeness (QED) is 0.483. The van der Waals surface area contributed by atoms with Crippen molar-refractivity contribution < 1.29 is 18.0 Å². The van der Waals surface area contributed by atoms with Crippen molar-refractivity contribution in [3.05, 3.63) is 62.6 Å². The molecule has 0 aliphatic heterocycles. The van der Waals surface area contributed by atoms with Crippen LogP contribution < -0.4 is 5.32 Å². The maximum atomic E-state index is 12.9. The Morgan fingerprint density at radius 3 is 2.66 bits per heavy atom. The minimum absolute atomic E-state index is 0.0113. The van der Waals surface area contributed by atoms with E-state index in [0.717, 1.165) is 10.0 Å². The molecule has 6 nitrogen and oxygen atoms in total. The molecule has 2 aromatic heterocycles. The van der Waals surface area contributed by atoms with Crippen molar-refractivity contribution in [3.63, 3.8) is 0 Å². The smallest absolute Gasteiger partial charge is 0.326 e. The van der Waals surface area contributed by atoms with Crippen LogP contribution in [0, 0.1) is 6.92 Å². The highest BCUT2D eigenvalue weighted by molar-refractivity contribution is 9.10. The van der Waals surface area contributed by atoms with Crippen LogP contribution in [0.1, 0.15) is 23.4 Å². The van der Waals surface area contributed by atoms with E-state index in [1.807, 2.05) is 24.4 Å². The largest absolute Gasteiger partial charge is 0.436 e. The predicted octanol–water partition coefficient (Wildman–Crippen LogP) is 5.01. The van der Waals surface area contributed by atoms with Gasteiger partial charge in [0.1, 0.15) is 0 Å². The molecule has 0 saturated heterocycles. The number of aromatic nitrogens is 4. The first-order valence-electron chi connectivity index (χ1n) is 8.50. The van der Waals surface area contributed by atoms with E-state index in [-0.39, 0.29) is 23.3 Å². The zero-order valence-corrected chi connectivity index (χ0v) is 18.3. The summed E-state index contributed by atoms with van der Waals surface area (Å²) in [5.74, 6) is -0.316. The molecular weight excluding hydrogens is 519 g/mol. The van der Waals surface area contributed by atoms with Crippen molar-refractivity contribution in [1.29, 1.82) is 0 Å². The highest BCUT2D eigenvalue weighted by Crippen LogP contribution is 2.35. The number of amides is 1. The summed E-state index contributed by atoms with van der Waals surface area (Å²) < 4.78 is 42.5. The van der Waals surface area contributed by atoms with Crippen LogP contribution in [0.3, 0.4) is 0 Å². The predicted molar refractivity (Wildman–Crippen MR) is 108 cm³/mol. The Kier molecular flexibility index (Phi) is 6.47. The number of rotatable bonds is 6. The lowest BCUT2D eigenvalue weighted by Crippen LogP contribution is -2.16. The normalized spacial score (nSPS) is 11.7. The lowest BCUT2D eigenvalue weighted by atomic mass is 10.2. The van der Waals surface area contributed by atoms with E-state index in [2.05, 4.69) is 47.4 Å². The third-order valence-corrected chi connectivity index (χ3v) is 5.47. The standard InChI is InChI=1S/C18H16Br2F3N5O/c1-11-16(20)17(18(21,22)23)26-28(11)6-5-15(29)25-14-4-2-3-12(7-14)9-27-10-13(19)8-24-27/h2-4,7-8,10H,5-6,9H2,1H3,(H,25,29). The molecule has 0 radical (unpaired) electrons. The fourth-order valence-corrected chi connectivity index (χ4v) is 3.55. The molecule has 29 heavy (non-hydrogen) atoms. The van der Waals surface area contributed by atoms with Gasteiger partial charge in [-0.25, -0.2) is 0 Å². The minimum Gasteiger partial charge on any atom is -0.326 e. The molecule has 154 valence electrons. The highest BCUT2D eigenvalue weighted by Gasteiger charge is 2.37. The molecule has 0 bridgehead atoms. The Bertz CT molecular complexity index is 1030. The Hall–Kier alpha value is -2.14. The van der Waals surface area contributed by atoms with Crippen molar-refractivity contribution in [2.24, 2.45) is 0 Å². The molecule has 0 saturated carbocycles. The first-order valence-corrected chi connectivity index (χ1v) is 10.1. The molecule has 11 heteroatoms. The minimum atomic E-state index is -4.55. The number of benzene rings is 1. The summed E-state index contributed by atoms with van der Waals surface area (Å²) in [4.78, 5) is 12.2. The molecule has 1 aromatic carbocycles. The molecule has 1 amide bonds. The average Bonchev–Trinajstić information content (AvgIpc) is 3.17. The highest BCUT2D eigenvalue weighted by atomic mass is 79.9. The Labute approximate surface area is 181 Å². The molecule has 0 spiro atoms. The van der Waals surface area contributed by atoms with Crippen molar-refractivity contribution >= 4 is 43.5 Å². The van der Waals surface area contributed by atoms with Crippen molar-refractivity contribution in [3.8, 4) is 0 Å². The number of aryl methyl sites for hydroxylation is 1. The van der Waals surface area contributed by atoms with Crippen molar-refractivity contribution in [1.82, 2.24) is 19.6 Å². The Morgan fingerprint density at radius 2 is 2.03 bits per heavy atom. The summed E-state index contributed by atoms with van der Waals surface area (Å²) in [5, 5.41) is 10.5. The monoisotopic (exact) mass is 533 g/mol. The first kappa shape index (κ1) is 21.6. The van der Waals surface area contributed by atoms with E-state index in [1.165, 1.54) is 11.6 Å². The van der Waals surface area contributed by atoms with Crippen LogP contribution in [-0.2, 0) is 24.1 Å². The summed E-state index contributed by atoms with van der Waals surface area (Å²) in [5.41, 5.74) is 0.874. The lowest BCUT2D eigenvalue weighted by Gasteiger charge is -2.09. The first-order chi connectivity index (χ1) is 13.6. The van der Waals surface area contributed by atoms with E-state index >= 15 is 0 Å². The van der Waals surface area contributed by atoms with Gasteiger partial charge in [0.25, 0.3) is 0 Å². The average molecular weight is 535 g/mol.